The van der Waals surface area contributed by atoms with Crippen LogP contribution in [0.5, 0.6) is 0 Å². The van der Waals surface area contributed by atoms with Crippen molar-refractivity contribution in [1.82, 2.24) is 29.4 Å². The third-order valence-corrected chi connectivity index (χ3v) is 8.49. The lowest BCUT2D eigenvalue weighted by atomic mass is 9.96. The van der Waals surface area contributed by atoms with Gasteiger partial charge in [0.25, 0.3) is 0 Å². The number of carboxylic acid groups (broad SMARTS) is 1. The van der Waals surface area contributed by atoms with E-state index in [2.05, 4.69) is 47.6 Å². The number of likely N-dealkylation sites (tertiary alicyclic amines) is 1. The molecule has 41 heavy (non-hydrogen) atoms. The number of anilines is 4. The fourth-order valence-corrected chi connectivity index (χ4v) is 6.01. The van der Waals surface area contributed by atoms with Gasteiger partial charge in [0.05, 0.1) is 34.2 Å². The highest BCUT2D eigenvalue weighted by Crippen LogP contribution is 2.37. The van der Waals surface area contributed by atoms with Crippen molar-refractivity contribution in [3.05, 3.63) is 34.6 Å². The molecule has 212 valence electrons. The number of benzene rings is 1. The number of fused-ring (bicyclic) bond motifs is 1. The van der Waals surface area contributed by atoms with Gasteiger partial charge >= 0.3 is 6.09 Å². The molecule has 6 rings (SSSR count). The van der Waals surface area contributed by atoms with E-state index in [0.29, 0.717) is 46.4 Å². The van der Waals surface area contributed by atoms with Crippen LogP contribution in [0.25, 0.3) is 5.65 Å². The predicted octanol–water partition coefficient (Wildman–Crippen LogP) is 3.49. The quantitative estimate of drug-likeness (QED) is 0.394. The number of aromatic nitrogens is 4. The number of halogens is 1. The first-order valence-electron chi connectivity index (χ1n) is 13.8. The third-order valence-electron chi connectivity index (χ3n) is 8.09. The van der Waals surface area contributed by atoms with Crippen molar-refractivity contribution >= 4 is 46.5 Å². The van der Waals surface area contributed by atoms with E-state index >= 15 is 0 Å². The molecule has 0 bridgehead atoms. The number of carbonyl (C=O) groups is 1. The summed E-state index contributed by atoms with van der Waals surface area (Å²) in [5.41, 5.74) is 2.44. The maximum atomic E-state index is 11.4. The summed E-state index contributed by atoms with van der Waals surface area (Å²) in [5, 5.41) is 40.2. The van der Waals surface area contributed by atoms with Crippen molar-refractivity contribution < 1.29 is 9.90 Å². The molecule has 2 aromatic heterocycles. The topological polar surface area (TPSA) is 162 Å². The van der Waals surface area contributed by atoms with Gasteiger partial charge in [-0.2, -0.15) is 20.0 Å². The van der Waals surface area contributed by atoms with Crippen LogP contribution in [0.1, 0.15) is 43.9 Å². The van der Waals surface area contributed by atoms with Gasteiger partial charge in [-0.3, -0.25) is 4.90 Å². The fraction of sp³-hybridized carbons (Fsp3) is 0.481. The summed E-state index contributed by atoms with van der Waals surface area (Å²) in [4.78, 5) is 26.5. The van der Waals surface area contributed by atoms with Crippen molar-refractivity contribution in [3.8, 4) is 12.1 Å². The first kappa shape index (κ1) is 26.9. The van der Waals surface area contributed by atoms with Gasteiger partial charge in [-0.15, -0.1) is 5.10 Å². The molecule has 1 amide bonds. The number of piperidine rings is 1. The summed E-state index contributed by atoms with van der Waals surface area (Å²) >= 11 is 6.93. The zero-order valence-electron chi connectivity index (χ0n) is 22.6. The molecule has 3 aromatic rings. The van der Waals surface area contributed by atoms with Gasteiger partial charge < -0.3 is 25.5 Å². The summed E-state index contributed by atoms with van der Waals surface area (Å²) in [6.07, 6.45) is 4.33. The molecule has 2 unspecified atom stereocenters. The van der Waals surface area contributed by atoms with Crippen molar-refractivity contribution in [2.24, 2.45) is 0 Å². The average Bonchev–Trinajstić information content (AvgIpc) is 3.69. The largest absolute Gasteiger partial charge is 0.465 e. The molecule has 2 saturated heterocycles. The second-order valence-electron chi connectivity index (χ2n) is 10.8. The van der Waals surface area contributed by atoms with Crippen LogP contribution in [0.15, 0.2) is 18.3 Å². The molecule has 14 heteroatoms. The Morgan fingerprint density at radius 2 is 1.90 bits per heavy atom. The molecule has 1 aromatic carbocycles. The molecule has 1 saturated carbocycles. The van der Waals surface area contributed by atoms with Crippen molar-refractivity contribution in [1.29, 1.82) is 10.5 Å². The number of imidazole rings is 1. The summed E-state index contributed by atoms with van der Waals surface area (Å²) in [6.45, 7) is 5.59. The van der Waals surface area contributed by atoms with E-state index in [1.54, 1.807) is 12.1 Å². The Kier molecular flexibility index (Phi) is 7.15. The Bertz CT molecular complexity index is 1570. The second-order valence-corrected chi connectivity index (χ2v) is 11.2. The molecule has 3 aliphatic rings. The molecule has 4 heterocycles. The Hall–Kier alpha value is -4.33. The van der Waals surface area contributed by atoms with Crippen LogP contribution in [-0.4, -0.2) is 91.4 Å². The third kappa shape index (κ3) is 5.38. The van der Waals surface area contributed by atoms with Gasteiger partial charge in [-0.1, -0.05) is 11.6 Å². The normalized spacial score (nSPS) is 21.4. The maximum Gasteiger partial charge on any atom is 0.407 e. The minimum atomic E-state index is -0.853. The summed E-state index contributed by atoms with van der Waals surface area (Å²) in [7, 11) is 0. The molecule has 3 N–H and O–H groups in total. The van der Waals surface area contributed by atoms with E-state index in [1.165, 1.54) is 15.6 Å². The molecule has 2 aliphatic heterocycles. The highest BCUT2D eigenvalue weighted by molar-refractivity contribution is 6.36. The molecular formula is C27H30ClN11O2. The van der Waals surface area contributed by atoms with Gasteiger partial charge in [0, 0.05) is 50.8 Å². The number of nitrogens with zero attached hydrogens (tertiary/aromatic N) is 9. The Labute approximate surface area is 241 Å². The number of nitriles is 2. The van der Waals surface area contributed by atoms with Crippen LogP contribution in [0.3, 0.4) is 0 Å². The molecule has 1 aliphatic carbocycles. The molecular weight excluding hydrogens is 546 g/mol. The first-order valence-corrected chi connectivity index (χ1v) is 14.1. The number of amides is 1. The van der Waals surface area contributed by atoms with Gasteiger partial charge in [-0.25, -0.2) is 9.78 Å². The second kappa shape index (κ2) is 10.9. The zero-order valence-corrected chi connectivity index (χ0v) is 23.3. The van der Waals surface area contributed by atoms with Crippen molar-refractivity contribution in [3.63, 3.8) is 0 Å². The van der Waals surface area contributed by atoms with Crippen LogP contribution < -0.4 is 15.5 Å². The standard InChI is InChI=1S/C27H30ClN11O2/c1-16-10-19(4-5-38(16)27(40)41)36-6-8-37(9-7-36)22-12-17(13-29)11-21(23(22)28)33-26-34-24(32-18-2-3-18)25-31-15-20(14-30)39(25)35-26/h11-12,15-16,18-19H,2-10H2,1H3,(H,40,41)(H2,32,33,34,35). The van der Waals surface area contributed by atoms with E-state index < -0.39 is 6.09 Å². The van der Waals surface area contributed by atoms with Crippen molar-refractivity contribution in [2.75, 3.05) is 48.3 Å². The van der Waals surface area contributed by atoms with Crippen LogP contribution in [0, 0.1) is 22.7 Å². The van der Waals surface area contributed by atoms with E-state index in [9.17, 15) is 20.4 Å². The lowest BCUT2D eigenvalue weighted by Crippen LogP contribution is -2.55. The maximum absolute atomic E-state index is 11.4. The van der Waals surface area contributed by atoms with Gasteiger partial charge in [-0.05, 0) is 44.7 Å². The minimum absolute atomic E-state index is 0.00680. The number of piperazine rings is 1. The fourth-order valence-electron chi connectivity index (χ4n) is 5.73. The van der Waals surface area contributed by atoms with E-state index in [1.807, 2.05) is 6.92 Å². The van der Waals surface area contributed by atoms with Gasteiger partial charge in [0.1, 0.15) is 6.07 Å². The first-order chi connectivity index (χ1) is 19.8. The van der Waals surface area contributed by atoms with E-state index in [-0.39, 0.29) is 17.7 Å². The minimum Gasteiger partial charge on any atom is -0.465 e. The lowest BCUT2D eigenvalue weighted by molar-refractivity contribution is 0.0648. The Balaban J connectivity index is 1.21. The highest BCUT2D eigenvalue weighted by atomic mass is 35.5. The number of rotatable bonds is 6. The molecule has 3 fully saturated rings. The highest BCUT2D eigenvalue weighted by Gasteiger charge is 2.33. The predicted molar refractivity (Wildman–Crippen MR) is 153 cm³/mol. The Morgan fingerprint density at radius 1 is 1.12 bits per heavy atom. The number of nitrogens with one attached hydrogen (secondary N) is 2. The molecule has 2 atom stereocenters. The smallest absolute Gasteiger partial charge is 0.407 e. The summed E-state index contributed by atoms with van der Waals surface area (Å²) in [6, 6.07) is 8.44. The number of hydrogen-bond donors (Lipinski definition) is 3. The number of hydrogen-bond acceptors (Lipinski definition) is 10. The van der Waals surface area contributed by atoms with Crippen LogP contribution in [-0.2, 0) is 0 Å². The van der Waals surface area contributed by atoms with Gasteiger partial charge in [0.2, 0.25) is 5.95 Å². The van der Waals surface area contributed by atoms with Crippen molar-refractivity contribution in [2.45, 2.75) is 50.7 Å². The molecule has 0 radical (unpaired) electrons. The monoisotopic (exact) mass is 575 g/mol. The SMILES string of the molecule is CC1CC(N2CCN(c3cc(C#N)cc(Nc4nc(NC5CC5)c5ncc(C#N)n5n4)c3Cl)CC2)CCN1C(=O)O. The van der Waals surface area contributed by atoms with E-state index in [0.717, 1.165) is 57.5 Å². The zero-order chi connectivity index (χ0) is 28.7. The van der Waals surface area contributed by atoms with Crippen LogP contribution >= 0.6 is 11.6 Å². The lowest BCUT2D eigenvalue weighted by Gasteiger charge is -2.45. The Morgan fingerprint density at radius 3 is 2.56 bits per heavy atom. The van der Waals surface area contributed by atoms with Crippen LogP contribution in [0.4, 0.5) is 27.9 Å². The van der Waals surface area contributed by atoms with Gasteiger partial charge in [0.15, 0.2) is 17.2 Å². The summed E-state index contributed by atoms with van der Waals surface area (Å²) < 4.78 is 1.45. The molecule has 0 spiro atoms. The average molecular weight is 576 g/mol. The molecule has 13 nitrogen and oxygen atoms in total. The summed E-state index contributed by atoms with van der Waals surface area (Å²) in [5.74, 6) is 0.753. The van der Waals surface area contributed by atoms with Crippen LogP contribution in [0.2, 0.25) is 5.02 Å². The van der Waals surface area contributed by atoms with E-state index in [4.69, 9.17) is 11.6 Å².